The Bertz CT molecular complexity index is 923. The molecule has 0 amide bonds. The van der Waals surface area contributed by atoms with E-state index in [1.54, 1.807) is 0 Å². The molecule has 1 heteroatoms. The first-order valence-corrected chi connectivity index (χ1v) is 9.14. The smallest absolute Gasteiger partial charge is 0.123 e. The lowest BCUT2D eigenvalue weighted by Gasteiger charge is -2.11. The fraction of sp³-hybridized carbons (Fsp3) is 0.250. The van der Waals surface area contributed by atoms with E-state index in [9.17, 15) is 0 Å². The molecule has 1 aliphatic rings. The van der Waals surface area contributed by atoms with E-state index in [1.807, 2.05) is 6.08 Å². The topological polar surface area (TPSA) is 9.23 Å². The van der Waals surface area contributed by atoms with Gasteiger partial charge in [0.25, 0.3) is 0 Å². The van der Waals surface area contributed by atoms with Gasteiger partial charge in [-0.2, -0.15) is 0 Å². The summed E-state index contributed by atoms with van der Waals surface area (Å²) in [4.78, 5) is 0. The minimum Gasteiger partial charge on any atom is -0.493 e. The molecule has 0 saturated carbocycles. The molecule has 0 aromatic heterocycles. The van der Waals surface area contributed by atoms with Gasteiger partial charge in [-0.05, 0) is 59.7 Å². The number of unbranched alkanes of at least 4 members (excludes halogenated alkanes) is 1. The highest BCUT2D eigenvalue weighted by Gasteiger charge is 2.24. The number of hydrogen-bond acceptors (Lipinski definition) is 1. The first-order chi connectivity index (χ1) is 12.3. The van der Waals surface area contributed by atoms with Crippen molar-refractivity contribution >= 4 is 10.8 Å². The second-order valence-electron chi connectivity index (χ2n) is 6.96. The van der Waals surface area contributed by atoms with Gasteiger partial charge in [0, 0.05) is 11.5 Å². The summed E-state index contributed by atoms with van der Waals surface area (Å²) >= 11 is 0. The predicted octanol–water partition coefficient (Wildman–Crippen LogP) is 6.65. The predicted molar refractivity (Wildman–Crippen MR) is 106 cm³/mol. The van der Waals surface area contributed by atoms with Gasteiger partial charge in [0.15, 0.2) is 0 Å². The van der Waals surface area contributed by atoms with Crippen LogP contribution in [0, 0.1) is 6.92 Å². The van der Waals surface area contributed by atoms with Crippen LogP contribution in [0.1, 0.15) is 36.3 Å². The molecule has 1 atom stereocenters. The van der Waals surface area contributed by atoms with Crippen LogP contribution in [0.3, 0.4) is 0 Å². The van der Waals surface area contributed by atoms with Gasteiger partial charge in [0.05, 0.1) is 6.61 Å². The molecule has 3 aromatic carbocycles. The van der Waals surface area contributed by atoms with Crippen molar-refractivity contribution in [2.75, 3.05) is 6.61 Å². The molecule has 1 aliphatic heterocycles. The van der Waals surface area contributed by atoms with Gasteiger partial charge < -0.3 is 4.74 Å². The highest BCUT2D eigenvalue weighted by Crippen LogP contribution is 2.40. The number of ether oxygens (including phenoxy) is 1. The highest BCUT2D eigenvalue weighted by molar-refractivity contribution is 5.98. The first kappa shape index (κ1) is 16.0. The quantitative estimate of drug-likeness (QED) is 0.376. The third-order valence-electron chi connectivity index (χ3n) is 5.31. The van der Waals surface area contributed by atoms with Crippen molar-refractivity contribution in [1.82, 2.24) is 0 Å². The summed E-state index contributed by atoms with van der Waals surface area (Å²) in [5, 5.41) is 2.63. The fourth-order valence-electron chi connectivity index (χ4n) is 3.89. The lowest BCUT2D eigenvalue weighted by molar-refractivity contribution is 0.323. The number of hydrogen-bond donors (Lipinski definition) is 0. The second kappa shape index (κ2) is 6.76. The van der Waals surface area contributed by atoms with E-state index in [2.05, 4.69) is 68.1 Å². The van der Waals surface area contributed by atoms with Crippen LogP contribution in [0.25, 0.3) is 21.9 Å². The zero-order chi connectivity index (χ0) is 17.2. The van der Waals surface area contributed by atoms with Gasteiger partial charge in [-0.15, -0.1) is 6.58 Å². The molecule has 0 saturated heterocycles. The van der Waals surface area contributed by atoms with Crippen LogP contribution in [0.15, 0.2) is 67.3 Å². The molecule has 1 nitrogen and oxygen atoms in total. The van der Waals surface area contributed by atoms with E-state index in [4.69, 9.17) is 4.74 Å². The van der Waals surface area contributed by atoms with Crippen LogP contribution in [0.2, 0.25) is 0 Å². The zero-order valence-corrected chi connectivity index (χ0v) is 14.8. The molecule has 0 bridgehead atoms. The Morgan fingerprint density at radius 3 is 2.76 bits per heavy atom. The largest absolute Gasteiger partial charge is 0.493 e. The molecular formula is C24H24O. The minimum absolute atomic E-state index is 0.527. The Hall–Kier alpha value is -2.54. The van der Waals surface area contributed by atoms with E-state index < -0.39 is 0 Å². The summed E-state index contributed by atoms with van der Waals surface area (Å²) < 4.78 is 6.01. The summed E-state index contributed by atoms with van der Waals surface area (Å²) in [5.41, 5.74) is 5.20. The standard InChI is InChI=1S/C24H24O/c1-3-4-5-8-19-16-25-24-15-18(12-14-22(19)24)21-13-11-17(2)20-9-6-7-10-23(20)21/h3,6-7,9-15,19H,1,4-5,8,16H2,2H3/t19-/m1/s1. The van der Waals surface area contributed by atoms with E-state index in [0.29, 0.717) is 5.92 Å². The average Bonchev–Trinajstić information content (AvgIpc) is 3.05. The Balaban J connectivity index is 1.70. The maximum absolute atomic E-state index is 6.01. The molecule has 0 unspecified atom stereocenters. The Morgan fingerprint density at radius 2 is 1.92 bits per heavy atom. The van der Waals surface area contributed by atoms with Gasteiger partial charge >= 0.3 is 0 Å². The van der Waals surface area contributed by atoms with Crippen molar-refractivity contribution in [3.63, 3.8) is 0 Å². The number of rotatable bonds is 5. The molecule has 25 heavy (non-hydrogen) atoms. The molecule has 0 fully saturated rings. The third-order valence-corrected chi connectivity index (χ3v) is 5.31. The van der Waals surface area contributed by atoms with Gasteiger partial charge in [0.1, 0.15) is 5.75 Å². The van der Waals surface area contributed by atoms with Crippen LogP contribution >= 0.6 is 0 Å². The third kappa shape index (κ3) is 2.95. The molecule has 4 rings (SSSR count). The van der Waals surface area contributed by atoms with Crippen molar-refractivity contribution < 1.29 is 4.74 Å². The average molecular weight is 328 g/mol. The van der Waals surface area contributed by atoms with Gasteiger partial charge in [0.2, 0.25) is 0 Å². The van der Waals surface area contributed by atoms with Crippen LogP contribution in [-0.2, 0) is 0 Å². The van der Waals surface area contributed by atoms with Crippen molar-refractivity contribution in [1.29, 1.82) is 0 Å². The fourth-order valence-corrected chi connectivity index (χ4v) is 3.89. The zero-order valence-electron chi connectivity index (χ0n) is 14.8. The molecule has 0 aliphatic carbocycles. The maximum atomic E-state index is 6.01. The van der Waals surface area contributed by atoms with Crippen molar-refractivity contribution in [2.24, 2.45) is 0 Å². The number of allylic oxidation sites excluding steroid dienone is 1. The summed E-state index contributed by atoms with van der Waals surface area (Å²) in [6.45, 7) is 6.80. The molecule has 0 spiro atoms. The molecular weight excluding hydrogens is 304 g/mol. The normalized spacial score (nSPS) is 15.8. The summed E-state index contributed by atoms with van der Waals surface area (Å²) in [6, 6.07) is 19.8. The van der Waals surface area contributed by atoms with Crippen LogP contribution in [0.4, 0.5) is 0 Å². The van der Waals surface area contributed by atoms with Crippen LogP contribution < -0.4 is 4.74 Å². The van der Waals surface area contributed by atoms with E-state index in [-0.39, 0.29) is 0 Å². The Morgan fingerprint density at radius 1 is 1.08 bits per heavy atom. The van der Waals surface area contributed by atoms with Crippen molar-refractivity contribution in [2.45, 2.75) is 32.1 Å². The van der Waals surface area contributed by atoms with E-state index >= 15 is 0 Å². The van der Waals surface area contributed by atoms with Crippen LogP contribution in [0.5, 0.6) is 5.75 Å². The van der Waals surface area contributed by atoms with Gasteiger partial charge in [-0.3, -0.25) is 0 Å². The lowest BCUT2D eigenvalue weighted by atomic mass is 9.91. The molecule has 126 valence electrons. The second-order valence-corrected chi connectivity index (χ2v) is 6.96. The van der Waals surface area contributed by atoms with E-state index in [1.165, 1.54) is 45.9 Å². The lowest BCUT2D eigenvalue weighted by Crippen LogP contribution is -1.99. The minimum atomic E-state index is 0.527. The highest BCUT2D eigenvalue weighted by atomic mass is 16.5. The molecule has 3 aromatic rings. The summed E-state index contributed by atoms with van der Waals surface area (Å²) in [7, 11) is 0. The first-order valence-electron chi connectivity index (χ1n) is 9.14. The number of aryl methyl sites for hydroxylation is 1. The van der Waals surface area contributed by atoms with Crippen molar-refractivity contribution in [3.8, 4) is 16.9 Å². The van der Waals surface area contributed by atoms with Crippen LogP contribution in [-0.4, -0.2) is 6.61 Å². The van der Waals surface area contributed by atoms with Gasteiger partial charge in [-0.25, -0.2) is 0 Å². The molecule has 1 heterocycles. The van der Waals surface area contributed by atoms with E-state index in [0.717, 1.165) is 18.8 Å². The molecule has 0 radical (unpaired) electrons. The number of fused-ring (bicyclic) bond motifs is 2. The summed E-state index contributed by atoms with van der Waals surface area (Å²) in [5.74, 6) is 1.59. The van der Waals surface area contributed by atoms with Gasteiger partial charge in [-0.1, -0.05) is 54.6 Å². The summed E-state index contributed by atoms with van der Waals surface area (Å²) in [6.07, 6.45) is 5.44. The Labute approximate surface area is 150 Å². The Kier molecular flexibility index (Phi) is 4.31. The molecule has 0 N–H and O–H groups in total. The number of benzene rings is 3. The maximum Gasteiger partial charge on any atom is 0.123 e. The monoisotopic (exact) mass is 328 g/mol. The van der Waals surface area contributed by atoms with Crippen molar-refractivity contribution in [3.05, 3.63) is 78.4 Å². The SMILES string of the molecule is C=CCCC[C@@H]1COc2cc(-c3ccc(C)c4ccccc34)ccc21.